The second kappa shape index (κ2) is 11.2. The number of rotatable bonds is 6. The van der Waals surface area contributed by atoms with E-state index in [1.165, 1.54) is 0 Å². The topological polar surface area (TPSA) is 99.8 Å². The molecule has 0 spiro atoms. The second-order valence-electron chi connectivity index (χ2n) is 9.83. The fraction of sp³-hybridized carbons (Fsp3) is 0.520. The minimum atomic E-state index is -4.58. The van der Waals surface area contributed by atoms with Gasteiger partial charge in [-0.05, 0) is 37.5 Å². The molecule has 0 bridgehead atoms. The largest absolute Gasteiger partial charge is 0.416 e. The van der Waals surface area contributed by atoms with Crippen molar-refractivity contribution in [2.75, 3.05) is 54.4 Å². The van der Waals surface area contributed by atoms with E-state index in [1.807, 2.05) is 11.8 Å². The van der Waals surface area contributed by atoms with Gasteiger partial charge in [0.1, 0.15) is 18.4 Å². The highest BCUT2D eigenvalue weighted by Gasteiger charge is 2.31. The lowest BCUT2D eigenvalue weighted by Gasteiger charge is -2.31. The van der Waals surface area contributed by atoms with Crippen molar-refractivity contribution in [3.63, 3.8) is 0 Å². The minimum absolute atomic E-state index is 0.0153. The standard InChI is InChI=1S/C25H29ClF4N8O2/c1-2-19-21(35-10-7-31-8-11-35)22(40)38-24(33-23(34-38)36-9-3-4-16(27)13-36)37(19)14-20(39)32-18-6-5-15(12-17(18)26)25(28,29)30/h5-6,12,16,31H,2-4,7-11,13-14H2,1H3,(H,32,39). The van der Waals surface area contributed by atoms with E-state index in [2.05, 4.69) is 20.7 Å². The van der Waals surface area contributed by atoms with Gasteiger partial charge in [0.05, 0.1) is 28.5 Å². The Balaban J connectivity index is 1.55. The number of nitrogens with zero attached hydrogens (tertiary/aromatic N) is 6. The summed E-state index contributed by atoms with van der Waals surface area (Å²) in [4.78, 5) is 35.1. The molecule has 10 nitrogen and oxygen atoms in total. The molecule has 0 saturated carbocycles. The average Bonchev–Trinajstić information content (AvgIpc) is 3.37. The Morgan fingerprint density at radius 3 is 2.60 bits per heavy atom. The highest BCUT2D eigenvalue weighted by molar-refractivity contribution is 6.33. The van der Waals surface area contributed by atoms with Gasteiger partial charge in [-0.2, -0.15) is 22.7 Å². The quantitative estimate of drug-likeness (QED) is 0.430. The van der Waals surface area contributed by atoms with E-state index in [9.17, 15) is 27.2 Å². The van der Waals surface area contributed by atoms with Gasteiger partial charge in [0.2, 0.25) is 17.6 Å². The summed E-state index contributed by atoms with van der Waals surface area (Å²) < 4.78 is 56.0. The number of aromatic nitrogens is 4. The summed E-state index contributed by atoms with van der Waals surface area (Å²) in [6.45, 7) is 4.65. The molecule has 2 fully saturated rings. The Kier molecular flexibility index (Phi) is 7.91. The molecule has 3 aromatic rings. The fourth-order valence-corrected chi connectivity index (χ4v) is 5.40. The first-order valence-corrected chi connectivity index (χ1v) is 13.5. The lowest BCUT2D eigenvalue weighted by Crippen LogP contribution is -2.47. The van der Waals surface area contributed by atoms with Gasteiger partial charge < -0.3 is 25.0 Å². The molecule has 1 amide bonds. The van der Waals surface area contributed by atoms with E-state index in [0.717, 1.165) is 22.7 Å². The molecule has 5 rings (SSSR count). The molecule has 1 aromatic carbocycles. The molecule has 2 saturated heterocycles. The lowest BCUT2D eigenvalue weighted by atomic mass is 10.1. The van der Waals surface area contributed by atoms with Crippen molar-refractivity contribution in [2.45, 2.75) is 45.1 Å². The maximum absolute atomic E-state index is 14.2. The first-order valence-electron chi connectivity index (χ1n) is 13.1. The van der Waals surface area contributed by atoms with Crippen molar-refractivity contribution in [2.24, 2.45) is 0 Å². The molecule has 15 heteroatoms. The number of benzene rings is 1. The number of amides is 1. The number of carbonyl (C=O) groups is 1. The van der Waals surface area contributed by atoms with Crippen molar-refractivity contribution in [1.29, 1.82) is 0 Å². The summed E-state index contributed by atoms with van der Waals surface area (Å²) >= 11 is 6.05. The number of hydrogen-bond acceptors (Lipinski definition) is 7. The second-order valence-corrected chi connectivity index (χ2v) is 10.2. The summed E-state index contributed by atoms with van der Waals surface area (Å²) in [6.07, 6.45) is -4.18. The SMILES string of the molecule is CCc1c(N2CCNCC2)c(=O)n2nc(N3CCCC(F)C3)nc2n1CC(=O)Nc1ccc(C(F)(F)F)cc1Cl. The van der Waals surface area contributed by atoms with E-state index < -0.39 is 23.8 Å². The smallest absolute Gasteiger partial charge is 0.363 e. The molecule has 1 atom stereocenters. The highest BCUT2D eigenvalue weighted by atomic mass is 35.5. The van der Waals surface area contributed by atoms with E-state index in [-0.39, 0.29) is 41.1 Å². The van der Waals surface area contributed by atoms with Gasteiger partial charge in [-0.15, -0.1) is 5.10 Å². The number of carbonyl (C=O) groups excluding carboxylic acids is 1. The van der Waals surface area contributed by atoms with Crippen molar-refractivity contribution < 1.29 is 22.4 Å². The molecule has 0 radical (unpaired) electrons. The maximum Gasteiger partial charge on any atom is 0.416 e. The zero-order valence-corrected chi connectivity index (χ0v) is 22.5. The molecular weight excluding hydrogens is 556 g/mol. The van der Waals surface area contributed by atoms with Crippen molar-refractivity contribution in [1.82, 2.24) is 24.5 Å². The number of hydrogen-bond donors (Lipinski definition) is 2. The molecule has 2 N–H and O–H groups in total. The first-order chi connectivity index (χ1) is 19.1. The lowest BCUT2D eigenvalue weighted by molar-refractivity contribution is -0.137. The third kappa shape index (κ3) is 5.59. The van der Waals surface area contributed by atoms with Gasteiger partial charge >= 0.3 is 6.18 Å². The van der Waals surface area contributed by atoms with Crippen molar-refractivity contribution in [3.05, 3.63) is 44.8 Å². The van der Waals surface area contributed by atoms with Crippen LogP contribution in [0.25, 0.3) is 5.78 Å². The van der Waals surface area contributed by atoms with Crippen LogP contribution in [0.5, 0.6) is 0 Å². The predicted molar refractivity (Wildman–Crippen MR) is 143 cm³/mol. The number of fused-ring (bicyclic) bond motifs is 1. The summed E-state index contributed by atoms with van der Waals surface area (Å²) in [6, 6.07) is 2.67. The van der Waals surface area contributed by atoms with Gasteiger partial charge in [0.25, 0.3) is 5.56 Å². The normalized spacial score (nSPS) is 18.4. The van der Waals surface area contributed by atoms with Crippen LogP contribution in [-0.4, -0.2) is 70.5 Å². The van der Waals surface area contributed by atoms with E-state index in [4.69, 9.17) is 11.6 Å². The number of piperazine rings is 1. The first kappa shape index (κ1) is 28.1. The maximum atomic E-state index is 14.2. The fourth-order valence-electron chi connectivity index (χ4n) is 5.17. The Morgan fingerprint density at radius 2 is 1.95 bits per heavy atom. The third-order valence-corrected chi connectivity index (χ3v) is 7.41. The highest BCUT2D eigenvalue weighted by Crippen LogP contribution is 2.34. The molecule has 1 unspecified atom stereocenters. The van der Waals surface area contributed by atoms with E-state index in [0.29, 0.717) is 63.4 Å². The molecular formula is C25H29ClF4N8O2. The van der Waals surface area contributed by atoms with Crippen LogP contribution in [0.3, 0.4) is 0 Å². The van der Waals surface area contributed by atoms with Crippen molar-refractivity contribution >= 4 is 40.6 Å². The van der Waals surface area contributed by atoms with Crippen LogP contribution in [0.4, 0.5) is 34.9 Å². The van der Waals surface area contributed by atoms with E-state index in [1.54, 1.807) is 9.47 Å². The number of alkyl halides is 4. The van der Waals surface area contributed by atoms with Crippen LogP contribution in [0, 0.1) is 0 Å². The molecule has 2 aromatic heterocycles. The Morgan fingerprint density at radius 1 is 1.20 bits per heavy atom. The average molecular weight is 585 g/mol. The molecule has 4 heterocycles. The van der Waals surface area contributed by atoms with Crippen LogP contribution in [0.2, 0.25) is 5.02 Å². The van der Waals surface area contributed by atoms with Crippen molar-refractivity contribution in [3.8, 4) is 0 Å². The summed E-state index contributed by atoms with van der Waals surface area (Å²) in [5.74, 6) is -0.274. The van der Waals surface area contributed by atoms with Gasteiger partial charge in [0.15, 0.2) is 0 Å². The number of piperidine rings is 1. The van der Waals surface area contributed by atoms with Crippen LogP contribution in [-0.2, 0) is 23.9 Å². The summed E-state index contributed by atoms with van der Waals surface area (Å²) in [5.41, 5.74) is -0.342. The van der Waals surface area contributed by atoms with Crippen LogP contribution >= 0.6 is 11.6 Å². The number of halogens is 5. The van der Waals surface area contributed by atoms with Gasteiger partial charge in [0, 0.05) is 32.7 Å². The summed E-state index contributed by atoms with van der Waals surface area (Å²) in [5, 5.41) is 9.98. The molecule has 2 aliphatic heterocycles. The minimum Gasteiger partial charge on any atom is -0.363 e. The zero-order valence-electron chi connectivity index (χ0n) is 21.8. The Labute approximate surface area is 231 Å². The predicted octanol–water partition coefficient (Wildman–Crippen LogP) is 3.11. The zero-order chi connectivity index (χ0) is 28.6. The third-order valence-electron chi connectivity index (χ3n) is 7.10. The molecule has 0 aliphatic carbocycles. The van der Waals surface area contributed by atoms with Crippen LogP contribution < -0.4 is 26.0 Å². The monoisotopic (exact) mass is 584 g/mol. The van der Waals surface area contributed by atoms with Gasteiger partial charge in [-0.1, -0.05) is 18.5 Å². The molecule has 40 heavy (non-hydrogen) atoms. The van der Waals surface area contributed by atoms with Crippen LogP contribution in [0.1, 0.15) is 31.0 Å². The Hall–Kier alpha value is -3.39. The molecule has 2 aliphatic rings. The van der Waals surface area contributed by atoms with Gasteiger partial charge in [-0.3, -0.25) is 9.59 Å². The van der Waals surface area contributed by atoms with Gasteiger partial charge in [-0.25, -0.2) is 4.39 Å². The number of nitrogens with one attached hydrogen (secondary N) is 2. The van der Waals surface area contributed by atoms with Crippen LogP contribution in [0.15, 0.2) is 23.0 Å². The van der Waals surface area contributed by atoms with E-state index >= 15 is 0 Å². The number of anilines is 3. The molecule has 216 valence electrons. The summed E-state index contributed by atoms with van der Waals surface area (Å²) in [7, 11) is 0. The Bertz CT molecular complexity index is 1470.